The predicted molar refractivity (Wildman–Crippen MR) is 122 cm³/mol. The first kappa shape index (κ1) is 23.4. The molecule has 3 N–H and O–H groups in total. The van der Waals surface area contributed by atoms with E-state index in [0.29, 0.717) is 6.42 Å². The van der Waals surface area contributed by atoms with Crippen LogP contribution >= 0.6 is 11.3 Å². The molecule has 3 rings (SSSR count). The molecule has 8 heteroatoms. The van der Waals surface area contributed by atoms with Gasteiger partial charge in [-0.15, -0.1) is 11.3 Å². The lowest BCUT2D eigenvalue weighted by atomic mass is 9.86. The summed E-state index contributed by atoms with van der Waals surface area (Å²) in [7, 11) is 0. The fourth-order valence-corrected chi connectivity index (χ4v) is 4.61. The fourth-order valence-electron chi connectivity index (χ4n) is 3.80. The third kappa shape index (κ3) is 4.97. The van der Waals surface area contributed by atoms with Crippen molar-refractivity contribution in [1.82, 2.24) is 14.8 Å². The Bertz CT molecular complexity index is 953. The number of aliphatic hydroxyl groups is 1. The molecule has 0 spiro atoms. The molecule has 1 aromatic heterocycles. The zero-order valence-electron chi connectivity index (χ0n) is 18.5. The number of hydrogen-bond acceptors (Lipinski definition) is 6. The van der Waals surface area contributed by atoms with Gasteiger partial charge in [-0.25, -0.2) is 4.98 Å². The summed E-state index contributed by atoms with van der Waals surface area (Å²) in [6.07, 6.45) is -0.214. The lowest BCUT2D eigenvalue weighted by Gasteiger charge is -2.36. The number of likely N-dealkylation sites (tertiary alicyclic amines) is 1. The second kappa shape index (κ2) is 9.06. The van der Waals surface area contributed by atoms with Crippen LogP contribution in [0.15, 0.2) is 23.7 Å². The van der Waals surface area contributed by atoms with Crippen molar-refractivity contribution >= 4 is 23.7 Å². The Kier molecular flexibility index (Phi) is 6.83. The van der Waals surface area contributed by atoms with Crippen LogP contribution < -0.4 is 5.73 Å². The molecule has 2 amide bonds. The zero-order chi connectivity index (χ0) is 22.9. The highest BCUT2D eigenvalue weighted by molar-refractivity contribution is 7.13. The number of carbonyl (C=O) groups is 2. The van der Waals surface area contributed by atoms with Gasteiger partial charge in [-0.1, -0.05) is 32.9 Å². The van der Waals surface area contributed by atoms with Crippen LogP contribution in [-0.2, 0) is 16.1 Å². The molecular formula is C23H31N4O3S. The maximum atomic E-state index is 13.0. The lowest BCUT2D eigenvalue weighted by Crippen LogP contribution is -2.55. The summed E-state index contributed by atoms with van der Waals surface area (Å²) in [4.78, 5) is 33.5. The van der Waals surface area contributed by atoms with Crippen LogP contribution in [-0.4, -0.2) is 57.1 Å². The monoisotopic (exact) mass is 443 g/mol. The van der Waals surface area contributed by atoms with E-state index >= 15 is 0 Å². The molecule has 0 saturated carbocycles. The van der Waals surface area contributed by atoms with E-state index < -0.39 is 23.7 Å². The standard InChI is InChI=1S/C23H31N4O3S/c1-14-8-16(20-15(2)25-12-31-20)6-7-17(14)10-26(13-28)19-9-18(29)11-27(19)22(30)21(24)23(3,4)5/h6-8,12-13,18-19,21,29H,1,9-11,24H2,2-5H3/t18-,19+,21-/m1/s1. The molecule has 1 fully saturated rings. The van der Waals surface area contributed by atoms with Gasteiger partial charge >= 0.3 is 0 Å². The van der Waals surface area contributed by atoms with Crippen molar-refractivity contribution in [3.05, 3.63) is 47.5 Å². The van der Waals surface area contributed by atoms with Crippen LogP contribution in [0.5, 0.6) is 0 Å². The van der Waals surface area contributed by atoms with Crippen molar-refractivity contribution in [1.29, 1.82) is 0 Å². The minimum atomic E-state index is -0.723. The minimum Gasteiger partial charge on any atom is -0.391 e. The molecule has 1 aliphatic heterocycles. The van der Waals surface area contributed by atoms with Crippen molar-refractivity contribution in [3.63, 3.8) is 0 Å². The molecule has 2 aromatic rings. The molecule has 0 bridgehead atoms. The number of aryl methyl sites for hydroxylation is 1. The number of thiazole rings is 1. The quantitative estimate of drug-likeness (QED) is 0.669. The van der Waals surface area contributed by atoms with Crippen LogP contribution in [0, 0.1) is 19.3 Å². The maximum Gasteiger partial charge on any atom is 0.241 e. The van der Waals surface area contributed by atoms with Crippen molar-refractivity contribution in [2.24, 2.45) is 11.1 Å². The number of carbonyl (C=O) groups excluding carboxylic acids is 2. The Morgan fingerprint density at radius 3 is 2.74 bits per heavy atom. The highest BCUT2D eigenvalue weighted by Gasteiger charge is 2.41. The molecule has 2 heterocycles. The number of rotatable bonds is 6. The van der Waals surface area contributed by atoms with Gasteiger partial charge in [-0.2, -0.15) is 0 Å². The second-order valence-corrected chi connectivity index (χ2v) is 10.1. The average Bonchev–Trinajstić information content (AvgIpc) is 3.30. The van der Waals surface area contributed by atoms with Gasteiger partial charge in [0.1, 0.15) is 6.17 Å². The van der Waals surface area contributed by atoms with E-state index in [1.807, 2.05) is 51.4 Å². The number of aromatic nitrogens is 1. The van der Waals surface area contributed by atoms with E-state index in [1.165, 1.54) is 4.90 Å². The minimum absolute atomic E-state index is 0.165. The Morgan fingerprint density at radius 2 is 2.19 bits per heavy atom. The van der Waals surface area contributed by atoms with Gasteiger partial charge in [0.15, 0.2) is 0 Å². The molecule has 3 atom stereocenters. The molecule has 31 heavy (non-hydrogen) atoms. The summed E-state index contributed by atoms with van der Waals surface area (Å²) in [5.41, 5.74) is 11.3. The van der Waals surface area contributed by atoms with E-state index in [9.17, 15) is 14.7 Å². The first-order valence-electron chi connectivity index (χ1n) is 10.3. The van der Waals surface area contributed by atoms with Gasteiger partial charge in [0.25, 0.3) is 0 Å². The zero-order valence-corrected chi connectivity index (χ0v) is 19.4. The smallest absolute Gasteiger partial charge is 0.241 e. The topological polar surface area (TPSA) is 99.8 Å². The molecule has 0 aliphatic carbocycles. The number of benzene rings is 1. The van der Waals surface area contributed by atoms with Crippen LogP contribution in [0.4, 0.5) is 0 Å². The molecule has 1 aromatic carbocycles. The third-order valence-electron chi connectivity index (χ3n) is 5.82. The number of nitrogens with two attached hydrogens (primary N) is 1. The molecule has 1 radical (unpaired) electrons. The molecule has 7 nitrogen and oxygen atoms in total. The van der Waals surface area contributed by atoms with Crippen LogP contribution in [0.1, 0.15) is 44.0 Å². The van der Waals surface area contributed by atoms with Gasteiger partial charge in [0, 0.05) is 19.5 Å². The van der Waals surface area contributed by atoms with E-state index in [4.69, 9.17) is 5.73 Å². The SMILES string of the molecule is [CH2]c1cc(-c2scnc2C)ccc1CN(C=O)[C@@H]1C[C@@H](O)CN1C(=O)[C@@H](N)C(C)(C)C. The Labute approximate surface area is 187 Å². The third-order valence-corrected chi connectivity index (χ3v) is 6.79. The van der Waals surface area contributed by atoms with E-state index in [1.54, 1.807) is 16.2 Å². The summed E-state index contributed by atoms with van der Waals surface area (Å²) >= 11 is 1.58. The number of aliphatic hydroxyl groups excluding tert-OH is 1. The van der Waals surface area contributed by atoms with E-state index in [-0.39, 0.29) is 19.0 Å². The first-order chi connectivity index (χ1) is 14.5. The summed E-state index contributed by atoms with van der Waals surface area (Å²) in [6, 6.07) is 5.21. The predicted octanol–water partition coefficient (Wildman–Crippen LogP) is 2.55. The molecule has 0 unspecified atom stereocenters. The number of hydrogen-bond donors (Lipinski definition) is 2. The Morgan fingerprint density at radius 1 is 1.48 bits per heavy atom. The molecule has 167 valence electrons. The average molecular weight is 444 g/mol. The maximum absolute atomic E-state index is 13.0. The largest absolute Gasteiger partial charge is 0.391 e. The normalized spacial score (nSPS) is 20.0. The van der Waals surface area contributed by atoms with Gasteiger partial charge in [-0.05, 0) is 42.0 Å². The molecule has 1 saturated heterocycles. The van der Waals surface area contributed by atoms with E-state index in [2.05, 4.69) is 11.9 Å². The van der Waals surface area contributed by atoms with Crippen molar-refractivity contribution in [2.45, 2.75) is 59.0 Å². The van der Waals surface area contributed by atoms with Crippen molar-refractivity contribution < 1.29 is 14.7 Å². The van der Waals surface area contributed by atoms with Gasteiger partial charge in [0.05, 0.1) is 28.2 Å². The lowest BCUT2D eigenvalue weighted by molar-refractivity contribution is -0.141. The second-order valence-electron chi connectivity index (χ2n) is 9.23. The summed E-state index contributed by atoms with van der Waals surface area (Å²) in [5.74, 6) is -0.258. The van der Waals surface area contributed by atoms with Crippen LogP contribution in [0.25, 0.3) is 10.4 Å². The summed E-state index contributed by atoms with van der Waals surface area (Å²) in [6.45, 7) is 12.3. The van der Waals surface area contributed by atoms with Gasteiger partial charge < -0.3 is 20.6 Å². The van der Waals surface area contributed by atoms with Gasteiger partial charge in [-0.3, -0.25) is 9.59 Å². The van der Waals surface area contributed by atoms with Gasteiger partial charge in [0.2, 0.25) is 12.3 Å². The first-order valence-corrected chi connectivity index (χ1v) is 11.2. The van der Waals surface area contributed by atoms with Crippen molar-refractivity contribution in [2.75, 3.05) is 6.54 Å². The van der Waals surface area contributed by atoms with E-state index in [0.717, 1.165) is 33.7 Å². The van der Waals surface area contributed by atoms with Crippen LogP contribution in [0.2, 0.25) is 0 Å². The van der Waals surface area contributed by atoms with Crippen LogP contribution in [0.3, 0.4) is 0 Å². The highest BCUT2D eigenvalue weighted by atomic mass is 32.1. The van der Waals surface area contributed by atoms with Crippen molar-refractivity contribution in [3.8, 4) is 10.4 Å². The highest BCUT2D eigenvalue weighted by Crippen LogP contribution is 2.30. The summed E-state index contributed by atoms with van der Waals surface area (Å²) in [5, 5.41) is 10.2. The number of amides is 2. The Balaban J connectivity index is 1.82. The summed E-state index contributed by atoms with van der Waals surface area (Å²) < 4.78 is 0. The molecular weight excluding hydrogens is 412 g/mol. The number of nitrogens with zero attached hydrogens (tertiary/aromatic N) is 3. The fraction of sp³-hybridized carbons (Fsp3) is 0.478. The molecule has 1 aliphatic rings. The number of β-amino-alcohol motifs (C(OH)–C–C–N with tert-alkyl or cyclic N) is 1. The Hall–Kier alpha value is -2.29.